The van der Waals surface area contributed by atoms with Gasteiger partial charge in [0.1, 0.15) is 17.9 Å². The second kappa shape index (κ2) is 7.08. The molecule has 0 spiro atoms. The summed E-state index contributed by atoms with van der Waals surface area (Å²) in [6.07, 6.45) is -0.178. The molecule has 0 aliphatic heterocycles. The van der Waals surface area contributed by atoms with E-state index in [4.69, 9.17) is 9.47 Å². The molecule has 1 aromatic rings. The number of carbonyl (C=O) groups excluding carboxylic acids is 2. The first-order valence-corrected chi connectivity index (χ1v) is 6.84. The monoisotopic (exact) mass is 324 g/mol. The molecule has 8 nitrogen and oxygen atoms in total. The Labute approximate surface area is 134 Å². The number of aldehydes is 1. The predicted molar refractivity (Wildman–Crippen MR) is 82.5 cm³/mol. The van der Waals surface area contributed by atoms with Gasteiger partial charge >= 0.3 is 11.8 Å². The number of nitrogens with zero attached hydrogens (tertiary/aromatic N) is 2. The van der Waals surface area contributed by atoms with Crippen LogP contribution in [0.2, 0.25) is 0 Å². The van der Waals surface area contributed by atoms with Crippen LogP contribution in [0.1, 0.15) is 32.4 Å². The van der Waals surface area contributed by atoms with E-state index in [0.717, 1.165) is 4.90 Å². The summed E-state index contributed by atoms with van der Waals surface area (Å²) in [6.45, 7) is 5.10. The SMILES string of the molecule is COc1ccc(C(C=O)N(C)C(=O)OC(C)(C)C)cc1[N+](=O)[O-]. The van der Waals surface area contributed by atoms with E-state index < -0.39 is 22.7 Å². The lowest BCUT2D eigenvalue weighted by Crippen LogP contribution is -2.37. The average molecular weight is 324 g/mol. The summed E-state index contributed by atoms with van der Waals surface area (Å²) in [7, 11) is 2.70. The first-order chi connectivity index (χ1) is 10.6. The molecule has 0 aliphatic rings. The number of benzene rings is 1. The van der Waals surface area contributed by atoms with Gasteiger partial charge in [-0.05, 0) is 32.4 Å². The van der Waals surface area contributed by atoms with E-state index in [1.54, 1.807) is 20.8 Å². The van der Waals surface area contributed by atoms with Crippen molar-refractivity contribution in [1.82, 2.24) is 4.90 Å². The Morgan fingerprint density at radius 2 is 2.00 bits per heavy atom. The molecule has 1 aromatic carbocycles. The molecular weight excluding hydrogens is 304 g/mol. The lowest BCUT2D eigenvalue weighted by atomic mass is 10.1. The highest BCUT2D eigenvalue weighted by Crippen LogP contribution is 2.31. The highest BCUT2D eigenvalue weighted by atomic mass is 16.6. The zero-order valence-corrected chi connectivity index (χ0v) is 13.7. The lowest BCUT2D eigenvalue weighted by Gasteiger charge is -2.28. The van der Waals surface area contributed by atoms with Crippen molar-refractivity contribution in [2.24, 2.45) is 0 Å². The van der Waals surface area contributed by atoms with Crippen LogP contribution in [-0.4, -0.2) is 42.0 Å². The molecule has 0 saturated heterocycles. The number of methoxy groups -OCH3 is 1. The second-order valence-corrected chi connectivity index (χ2v) is 5.86. The summed E-state index contributed by atoms with van der Waals surface area (Å²) in [5.41, 5.74) is -0.708. The molecule has 1 unspecified atom stereocenters. The Balaban J connectivity index is 3.15. The topological polar surface area (TPSA) is 99.0 Å². The summed E-state index contributed by atoms with van der Waals surface area (Å²) in [4.78, 5) is 35.0. The third kappa shape index (κ3) is 4.67. The van der Waals surface area contributed by atoms with Crippen molar-refractivity contribution in [1.29, 1.82) is 0 Å². The summed E-state index contributed by atoms with van der Waals surface area (Å²) in [5, 5.41) is 11.1. The smallest absolute Gasteiger partial charge is 0.410 e. The van der Waals surface area contributed by atoms with E-state index >= 15 is 0 Å². The molecule has 8 heteroatoms. The maximum atomic E-state index is 12.1. The van der Waals surface area contributed by atoms with Gasteiger partial charge in [-0.2, -0.15) is 0 Å². The molecular formula is C15H20N2O6. The molecule has 1 amide bonds. The molecule has 23 heavy (non-hydrogen) atoms. The van der Waals surface area contributed by atoms with Crippen LogP contribution in [0.15, 0.2) is 18.2 Å². The quantitative estimate of drug-likeness (QED) is 0.469. The van der Waals surface area contributed by atoms with Gasteiger partial charge in [0.2, 0.25) is 0 Å². The van der Waals surface area contributed by atoms with E-state index in [2.05, 4.69) is 0 Å². The predicted octanol–water partition coefficient (Wildman–Crippen LogP) is 2.71. The van der Waals surface area contributed by atoms with Crippen LogP contribution in [0, 0.1) is 10.1 Å². The zero-order chi connectivity index (χ0) is 17.8. The van der Waals surface area contributed by atoms with Crippen molar-refractivity contribution >= 4 is 18.1 Å². The molecule has 0 aliphatic carbocycles. The number of hydrogen-bond acceptors (Lipinski definition) is 6. The van der Waals surface area contributed by atoms with Crippen LogP contribution in [0.3, 0.4) is 0 Å². The van der Waals surface area contributed by atoms with Crippen molar-refractivity contribution in [2.45, 2.75) is 32.4 Å². The van der Waals surface area contributed by atoms with Crippen molar-refractivity contribution < 1.29 is 24.0 Å². The molecule has 0 radical (unpaired) electrons. The fourth-order valence-electron chi connectivity index (χ4n) is 1.87. The van der Waals surface area contributed by atoms with Crippen LogP contribution in [-0.2, 0) is 9.53 Å². The molecule has 126 valence electrons. The summed E-state index contributed by atoms with van der Waals surface area (Å²) in [6, 6.07) is 3.08. The molecule has 0 saturated carbocycles. The Kier molecular flexibility index (Phi) is 5.67. The van der Waals surface area contributed by atoms with E-state index in [-0.39, 0.29) is 11.4 Å². The largest absolute Gasteiger partial charge is 0.490 e. The number of rotatable bonds is 5. The first kappa shape index (κ1) is 18.4. The summed E-state index contributed by atoms with van der Waals surface area (Å²) in [5.74, 6) is 0.0725. The van der Waals surface area contributed by atoms with Crippen molar-refractivity contribution in [3.63, 3.8) is 0 Å². The van der Waals surface area contributed by atoms with Crippen LogP contribution in [0.4, 0.5) is 10.5 Å². The van der Waals surface area contributed by atoms with Gasteiger partial charge in [-0.3, -0.25) is 15.0 Å². The Morgan fingerprint density at radius 1 is 1.39 bits per heavy atom. The standard InChI is InChI=1S/C15H20N2O6/c1-15(2,3)23-14(19)16(4)12(9-18)10-6-7-13(22-5)11(8-10)17(20)21/h6-9,12H,1-5H3. The minimum atomic E-state index is -1.01. The van der Waals surface area contributed by atoms with Gasteiger partial charge < -0.3 is 14.3 Å². The fraction of sp³-hybridized carbons (Fsp3) is 0.467. The van der Waals surface area contributed by atoms with Gasteiger partial charge in [0, 0.05) is 13.1 Å². The number of hydrogen-bond donors (Lipinski definition) is 0. The van der Waals surface area contributed by atoms with E-state index in [1.165, 1.54) is 32.4 Å². The summed E-state index contributed by atoms with van der Waals surface area (Å²) >= 11 is 0. The van der Waals surface area contributed by atoms with Crippen molar-refractivity contribution in [3.8, 4) is 5.75 Å². The molecule has 0 aromatic heterocycles. The van der Waals surface area contributed by atoms with Crippen LogP contribution < -0.4 is 4.74 Å². The molecule has 1 rings (SSSR count). The number of likely N-dealkylation sites (N-methyl/N-ethyl adjacent to an activating group) is 1. The number of ether oxygens (including phenoxy) is 2. The van der Waals surface area contributed by atoms with Gasteiger partial charge in [0.15, 0.2) is 5.75 Å². The third-order valence-corrected chi connectivity index (χ3v) is 2.97. The van der Waals surface area contributed by atoms with Crippen LogP contribution in [0.25, 0.3) is 0 Å². The second-order valence-electron chi connectivity index (χ2n) is 5.86. The van der Waals surface area contributed by atoms with Gasteiger partial charge in [-0.1, -0.05) is 6.07 Å². The van der Waals surface area contributed by atoms with Crippen molar-refractivity contribution in [3.05, 3.63) is 33.9 Å². The minimum Gasteiger partial charge on any atom is -0.490 e. The van der Waals surface area contributed by atoms with Crippen molar-refractivity contribution in [2.75, 3.05) is 14.2 Å². The van der Waals surface area contributed by atoms with Gasteiger partial charge in [-0.15, -0.1) is 0 Å². The van der Waals surface area contributed by atoms with Crippen LogP contribution >= 0.6 is 0 Å². The van der Waals surface area contributed by atoms with Gasteiger partial charge in [-0.25, -0.2) is 4.79 Å². The number of nitro groups is 1. The molecule has 0 bridgehead atoms. The number of carbonyl (C=O) groups is 2. The normalized spacial score (nSPS) is 12.2. The third-order valence-electron chi connectivity index (χ3n) is 2.97. The molecule has 1 atom stereocenters. The Bertz CT molecular complexity index is 608. The van der Waals surface area contributed by atoms with E-state index in [9.17, 15) is 19.7 Å². The molecule has 0 heterocycles. The minimum absolute atomic E-state index is 0.0725. The van der Waals surface area contributed by atoms with Gasteiger partial charge in [0.05, 0.1) is 12.0 Å². The summed E-state index contributed by atoms with van der Waals surface area (Å²) < 4.78 is 10.1. The number of nitro benzene ring substituents is 1. The maximum Gasteiger partial charge on any atom is 0.410 e. The Hall–Kier alpha value is -2.64. The van der Waals surface area contributed by atoms with E-state index in [0.29, 0.717) is 11.8 Å². The lowest BCUT2D eigenvalue weighted by molar-refractivity contribution is -0.385. The maximum absolute atomic E-state index is 12.1. The molecule has 0 N–H and O–H groups in total. The average Bonchev–Trinajstić information content (AvgIpc) is 2.45. The van der Waals surface area contributed by atoms with E-state index in [1.807, 2.05) is 0 Å². The fourth-order valence-corrected chi connectivity index (χ4v) is 1.87. The highest BCUT2D eigenvalue weighted by Gasteiger charge is 2.28. The van der Waals surface area contributed by atoms with Gasteiger partial charge in [0.25, 0.3) is 0 Å². The highest BCUT2D eigenvalue weighted by molar-refractivity contribution is 5.75. The molecule has 0 fully saturated rings. The zero-order valence-electron chi connectivity index (χ0n) is 13.7. The number of amides is 1. The first-order valence-electron chi connectivity index (χ1n) is 6.84. The Morgan fingerprint density at radius 3 is 2.43 bits per heavy atom. The van der Waals surface area contributed by atoms with Crippen LogP contribution in [0.5, 0.6) is 5.75 Å².